The minimum absolute atomic E-state index is 0.270. The van der Waals surface area contributed by atoms with Crippen LogP contribution in [0, 0.1) is 17.2 Å². The van der Waals surface area contributed by atoms with E-state index in [9.17, 15) is 5.11 Å². The van der Waals surface area contributed by atoms with Crippen molar-refractivity contribution in [2.45, 2.75) is 39.2 Å². The maximum absolute atomic E-state index is 9.66. The summed E-state index contributed by atoms with van der Waals surface area (Å²) in [5.41, 5.74) is 0. The second-order valence-corrected chi connectivity index (χ2v) is 3.26. The van der Waals surface area contributed by atoms with Crippen LogP contribution in [-0.2, 0) is 0 Å². The van der Waals surface area contributed by atoms with Gasteiger partial charge in [-0.1, -0.05) is 26.7 Å². The van der Waals surface area contributed by atoms with Crippen LogP contribution in [0.1, 0.15) is 33.1 Å². The van der Waals surface area contributed by atoms with Crippen molar-refractivity contribution in [3.63, 3.8) is 0 Å². The van der Waals surface area contributed by atoms with E-state index in [0.717, 1.165) is 12.8 Å². The molecule has 0 amide bonds. The van der Waals surface area contributed by atoms with Crippen LogP contribution < -0.4 is 5.32 Å². The van der Waals surface area contributed by atoms with Crippen molar-refractivity contribution in [2.24, 2.45) is 5.92 Å². The zero-order valence-electron chi connectivity index (χ0n) is 8.58. The summed E-state index contributed by atoms with van der Waals surface area (Å²) in [6, 6.07) is 2.05. The van der Waals surface area contributed by atoms with Gasteiger partial charge in [-0.15, -0.1) is 0 Å². The van der Waals surface area contributed by atoms with Crippen LogP contribution in [0.2, 0.25) is 0 Å². The van der Waals surface area contributed by atoms with Crippen molar-refractivity contribution in [3.05, 3.63) is 0 Å². The summed E-state index contributed by atoms with van der Waals surface area (Å²) in [5.74, 6) is 0.384. The third kappa shape index (κ3) is 5.62. The Morgan fingerprint density at radius 3 is 2.46 bits per heavy atom. The van der Waals surface area contributed by atoms with Gasteiger partial charge >= 0.3 is 0 Å². The quantitative estimate of drug-likeness (QED) is 0.586. The van der Waals surface area contributed by atoms with Gasteiger partial charge in [-0.05, 0) is 5.92 Å². The molecule has 0 heterocycles. The van der Waals surface area contributed by atoms with Gasteiger partial charge in [0.2, 0.25) is 0 Å². The van der Waals surface area contributed by atoms with E-state index in [0.29, 0.717) is 25.4 Å². The lowest BCUT2D eigenvalue weighted by atomic mass is 9.96. The first-order valence-corrected chi connectivity index (χ1v) is 5.01. The van der Waals surface area contributed by atoms with Gasteiger partial charge in [-0.3, -0.25) is 0 Å². The van der Waals surface area contributed by atoms with Gasteiger partial charge in [0.05, 0.1) is 12.2 Å². The molecule has 0 bridgehead atoms. The minimum Gasteiger partial charge on any atom is -0.392 e. The summed E-state index contributed by atoms with van der Waals surface area (Å²) in [4.78, 5) is 0. The SMILES string of the molecule is CCC(CC)C(O)CNCCC#N. The molecule has 3 nitrogen and oxygen atoms in total. The number of nitrogens with zero attached hydrogens (tertiary/aromatic N) is 1. The van der Waals surface area contributed by atoms with E-state index in [1.54, 1.807) is 0 Å². The molecular formula is C10H20N2O. The number of rotatable bonds is 7. The smallest absolute Gasteiger partial charge is 0.0692 e. The van der Waals surface area contributed by atoms with E-state index in [1.807, 2.05) is 0 Å². The lowest BCUT2D eigenvalue weighted by Crippen LogP contribution is -2.32. The van der Waals surface area contributed by atoms with Crippen molar-refractivity contribution >= 4 is 0 Å². The van der Waals surface area contributed by atoms with E-state index >= 15 is 0 Å². The lowest BCUT2D eigenvalue weighted by molar-refractivity contribution is 0.102. The number of aliphatic hydroxyl groups is 1. The topological polar surface area (TPSA) is 56.0 Å². The van der Waals surface area contributed by atoms with Gasteiger partial charge in [-0.2, -0.15) is 5.26 Å². The van der Waals surface area contributed by atoms with Crippen molar-refractivity contribution < 1.29 is 5.11 Å². The monoisotopic (exact) mass is 184 g/mol. The lowest BCUT2D eigenvalue weighted by Gasteiger charge is -2.19. The molecule has 2 N–H and O–H groups in total. The average Bonchev–Trinajstić information content (AvgIpc) is 2.14. The van der Waals surface area contributed by atoms with Gasteiger partial charge in [0.15, 0.2) is 0 Å². The average molecular weight is 184 g/mol. The zero-order valence-corrected chi connectivity index (χ0v) is 8.58. The molecule has 1 atom stereocenters. The molecule has 0 saturated heterocycles. The van der Waals surface area contributed by atoms with Gasteiger partial charge in [0, 0.05) is 19.5 Å². The molecule has 0 saturated carbocycles. The second-order valence-electron chi connectivity index (χ2n) is 3.26. The molecule has 0 aromatic rings. The van der Waals surface area contributed by atoms with Crippen molar-refractivity contribution in [1.82, 2.24) is 5.32 Å². The fraction of sp³-hybridized carbons (Fsp3) is 0.900. The maximum Gasteiger partial charge on any atom is 0.0692 e. The summed E-state index contributed by atoms with van der Waals surface area (Å²) in [6.07, 6.45) is 2.26. The molecule has 0 aromatic carbocycles. The predicted octanol–water partition coefficient (Wildman–Crippen LogP) is 1.29. The van der Waals surface area contributed by atoms with Crippen LogP contribution in [0.25, 0.3) is 0 Å². The van der Waals surface area contributed by atoms with Crippen molar-refractivity contribution in [2.75, 3.05) is 13.1 Å². The van der Waals surface area contributed by atoms with E-state index in [2.05, 4.69) is 25.2 Å². The van der Waals surface area contributed by atoms with Gasteiger partial charge < -0.3 is 10.4 Å². The minimum atomic E-state index is -0.270. The highest BCUT2D eigenvalue weighted by atomic mass is 16.3. The molecule has 0 aliphatic carbocycles. The van der Waals surface area contributed by atoms with Crippen molar-refractivity contribution in [3.8, 4) is 6.07 Å². The first-order chi connectivity index (χ1) is 6.26. The second kappa shape index (κ2) is 8.03. The first-order valence-electron chi connectivity index (χ1n) is 5.01. The molecule has 1 unspecified atom stereocenters. The molecule has 0 aliphatic rings. The Hall–Kier alpha value is -0.590. The van der Waals surface area contributed by atoms with Crippen LogP contribution in [0.15, 0.2) is 0 Å². The molecule has 0 radical (unpaired) electrons. The zero-order chi connectivity index (χ0) is 10.1. The van der Waals surface area contributed by atoms with Crippen LogP contribution in [0.3, 0.4) is 0 Å². The molecule has 76 valence electrons. The molecule has 0 fully saturated rings. The van der Waals surface area contributed by atoms with E-state index in [-0.39, 0.29) is 6.10 Å². The largest absolute Gasteiger partial charge is 0.392 e. The summed E-state index contributed by atoms with van der Waals surface area (Å²) in [7, 11) is 0. The highest BCUT2D eigenvalue weighted by molar-refractivity contribution is 4.73. The summed E-state index contributed by atoms with van der Waals surface area (Å²) < 4.78 is 0. The number of hydrogen-bond donors (Lipinski definition) is 2. The van der Waals surface area contributed by atoms with Gasteiger partial charge in [-0.25, -0.2) is 0 Å². The van der Waals surface area contributed by atoms with Crippen LogP contribution in [0.4, 0.5) is 0 Å². The van der Waals surface area contributed by atoms with Gasteiger partial charge in [0.1, 0.15) is 0 Å². The Labute approximate surface area is 80.8 Å². The molecule has 0 aliphatic heterocycles. The molecule has 0 spiro atoms. The van der Waals surface area contributed by atoms with Crippen LogP contribution in [0.5, 0.6) is 0 Å². The fourth-order valence-corrected chi connectivity index (χ4v) is 1.39. The molecule has 13 heavy (non-hydrogen) atoms. The molecular weight excluding hydrogens is 164 g/mol. The van der Waals surface area contributed by atoms with Crippen molar-refractivity contribution in [1.29, 1.82) is 5.26 Å². The van der Waals surface area contributed by atoms with Crippen LogP contribution in [-0.4, -0.2) is 24.3 Å². The highest BCUT2D eigenvalue weighted by Crippen LogP contribution is 2.11. The normalized spacial score (nSPS) is 12.8. The summed E-state index contributed by atoms with van der Waals surface area (Å²) >= 11 is 0. The third-order valence-corrected chi connectivity index (χ3v) is 2.36. The Bertz CT molecular complexity index is 149. The fourth-order valence-electron chi connectivity index (χ4n) is 1.39. The number of nitrogens with one attached hydrogen (secondary N) is 1. The van der Waals surface area contributed by atoms with Crippen LogP contribution >= 0.6 is 0 Å². The first kappa shape index (κ1) is 12.4. The van der Waals surface area contributed by atoms with E-state index < -0.39 is 0 Å². The Morgan fingerprint density at radius 1 is 1.38 bits per heavy atom. The summed E-state index contributed by atoms with van der Waals surface area (Å²) in [6.45, 7) is 5.46. The third-order valence-electron chi connectivity index (χ3n) is 2.36. The maximum atomic E-state index is 9.66. The van der Waals surface area contributed by atoms with E-state index in [1.165, 1.54) is 0 Å². The number of hydrogen-bond acceptors (Lipinski definition) is 3. The Morgan fingerprint density at radius 2 is 2.00 bits per heavy atom. The Kier molecular flexibility index (Phi) is 7.66. The predicted molar refractivity (Wildman–Crippen MR) is 53.2 cm³/mol. The molecule has 0 aromatic heterocycles. The number of aliphatic hydroxyl groups excluding tert-OH is 1. The molecule has 0 rings (SSSR count). The molecule has 3 heteroatoms. The van der Waals surface area contributed by atoms with Gasteiger partial charge in [0.25, 0.3) is 0 Å². The standard InChI is InChI=1S/C10H20N2O/c1-3-9(4-2)10(13)8-12-7-5-6-11/h9-10,12-13H,3-5,7-8H2,1-2H3. The number of nitriles is 1. The Balaban J connectivity index is 3.49. The highest BCUT2D eigenvalue weighted by Gasteiger charge is 2.14. The summed E-state index contributed by atoms with van der Waals surface area (Å²) in [5, 5.41) is 21.0. The van der Waals surface area contributed by atoms with E-state index in [4.69, 9.17) is 5.26 Å².